The predicted octanol–water partition coefficient (Wildman–Crippen LogP) is 23.0. The van der Waals surface area contributed by atoms with Crippen molar-refractivity contribution in [1.29, 1.82) is 0 Å². The number of rotatable bonds is 58. The third kappa shape index (κ3) is 65.6. The van der Waals surface area contributed by atoms with Gasteiger partial charge >= 0.3 is 17.9 Å². The summed E-state index contributed by atoms with van der Waals surface area (Å²) >= 11 is 0. The third-order valence-electron chi connectivity index (χ3n) is 13.4. The molecular weight excluding hydrogens is 1010 g/mol. The van der Waals surface area contributed by atoms with Gasteiger partial charge in [-0.1, -0.05) is 274 Å². The first-order valence-electron chi connectivity index (χ1n) is 33.1. The molecule has 0 amide bonds. The van der Waals surface area contributed by atoms with E-state index in [1.807, 2.05) is 0 Å². The summed E-state index contributed by atoms with van der Waals surface area (Å²) in [7, 11) is 0. The van der Waals surface area contributed by atoms with Gasteiger partial charge in [0.25, 0.3) is 0 Å². The molecule has 0 heterocycles. The van der Waals surface area contributed by atoms with Gasteiger partial charge in [-0.25, -0.2) is 0 Å². The summed E-state index contributed by atoms with van der Waals surface area (Å²) in [5.74, 6) is -1.01. The maximum atomic E-state index is 12.9. The number of carbonyl (C=O) groups is 3. The van der Waals surface area contributed by atoms with Crippen molar-refractivity contribution in [2.45, 2.75) is 277 Å². The van der Waals surface area contributed by atoms with E-state index in [9.17, 15) is 14.4 Å². The van der Waals surface area contributed by atoms with E-state index >= 15 is 0 Å². The molecule has 0 rings (SSSR count). The highest BCUT2D eigenvalue weighted by molar-refractivity contribution is 5.71. The minimum atomic E-state index is -0.829. The molecular formula is C76H120O6. The quantitative estimate of drug-likeness (QED) is 0.0261. The lowest BCUT2D eigenvalue weighted by Crippen LogP contribution is -2.30. The third-order valence-corrected chi connectivity index (χ3v) is 13.4. The molecule has 0 aromatic heterocycles. The van der Waals surface area contributed by atoms with E-state index in [2.05, 4.69) is 191 Å². The maximum absolute atomic E-state index is 12.9. The molecule has 0 N–H and O–H groups in total. The molecule has 0 aliphatic rings. The molecule has 0 aliphatic heterocycles. The highest BCUT2D eigenvalue weighted by Crippen LogP contribution is 2.14. The van der Waals surface area contributed by atoms with E-state index in [0.29, 0.717) is 12.8 Å². The van der Waals surface area contributed by atoms with Gasteiger partial charge in [0.2, 0.25) is 0 Å². The van der Waals surface area contributed by atoms with Crippen LogP contribution in [0.15, 0.2) is 170 Å². The highest BCUT2D eigenvalue weighted by Gasteiger charge is 2.19. The summed E-state index contributed by atoms with van der Waals surface area (Å²) < 4.78 is 16.9. The van der Waals surface area contributed by atoms with Gasteiger partial charge in [0.05, 0.1) is 0 Å². The summed E-state index contributed by atoms with van der Waals surface area (Å²) in [4.78, 5) is 38.4. The molecule has 0 aliphatic carbocycles. The molecule has 0 fully saturated rings. The molecule has 0 saturated heterocycles. The van der Waals surface area contributed by atoms with Crippen molar-refractivity contribution in [2.24, 2.45) is 0 Å². The van der Waals surface area contributed by atoms with Gasteiger partial charge in [-0.2, -0.15) is 0 Å². The van der Waals surface area contributed by atoms with Crippen LogP contribution < -0.4 is 0 Å². The van der Waals surface area contributed by atoms with Gasteiger partial charge in [0, 0.05) is 19.3 Å². The summed E-state index contributed by atoms with van der Waals surface area (Å²) in [5.41, 5.74) is 0. The Morgan fingerprint density at radius 3 is 0.805 bits per heavy atom. The van der Waals surface area contributed by atoms with Gasteiger partial charge in [-0.05, 0) is 148 Å². The summed E-state index contributed by atoms with van der Waals surface area (Å²) in [6.45, 7) is 6.34. The number of carbonyl (C=O) groups excluding carboxylic acids is 3. The smallest absolute Gasteiger partial charge is 0.306 e. The first-order valence-corrected chi connectivity index (χ1v) is 33.1. The fraction of sp³-hybridized carbons (Fsp3) is 0.592. The number of esters is 3. The van der Waals surface area contributed by atoms with Crippen LogP contribution in [0.4, 0.5) is 0 Å². The molecule has 1 atom stereocenters. The Morgan fingerprint density at radius 2 is 0.488 bits per heavy atom. The first-order chi connectivity index (χ1) is 40.5. The number of unbranched alkanes of at least 4 members (excludes halogenated alkanes) is 19. The van der Waals surface area contributed by atoms with Crippen LogP contribution in [-0.2, 0) is 28.6 Å². The van der Waals surface area contributed by atoms with Crippen molar-refractivity contribution in [2.75, 3.05) is 13.2 Å². The zero-order valence-corrected chi connectivity index (χ0v) is 52.7. The van der Waals surface area contributed by atoms with Crippen LogP contribution in [0.1, 0.15) is 271 Å². The Labute approximate surface area is 504 Å². The SMILES string of the molecule is CC/C=C\C/C=C\C/C=C\C/C=C\C/C=C\C/C=C\C/C=C\CCCC(=O)OCC(COC(=O)CCCCCCCCC/C=C\CCCCCCCCC)OC(=O)CCCCCC/C=C\C/C=C\C/C=C\C/C=C\C/C=C\C/C=C\CC. The second-order valence-electron chi connectivity index (χ2n) is 21.3. The fourth-order valence-electron chi connectivity index (χ4n) is 8.55. The Morgan fingerprint density at radius 1 is 0.256 bits per heavy atom. The van der Waals surface area contributed by atoms with E-state index in [0.717, 1.165) is 141 Å². The van der Waals surface area contributed by atoms with Crippen molar-refractivity contribution in [3.63, 3.8) is 0 Å². The number of allylic oxidation sites excluding steroid dienone is 28. The highest BCUT2D eigenvalue weighted by atomic mass is 16.6. The second kappa shape index (κ2) is 68.3. The second-order valence-corrected chi connectivity index (χ2v) is 21.3. The van der Waals surface area contributed by atoms with Gasteiger partial charge in [0.15, 0.2) is 6.10 Å². The molecule has 6 nitrogen and oxygen atoms in total. The van der Waals surface area contributed by atoms with Gasteiger partial charge in [0.1, 0.15) is 13.2 Å². The number of ether oxygens (including phenoxy) is 3. The molecule has 6 heteroatoms. The molecule has 0 saturated carbocycles. The van der Waals surface area contributed by atoms with Gasteiger partial charge in [-0.3, -0.25) is 14.4 Å². The molecule has 0 spiro atoms. The first kappa shape index (κ1) is 76.8. The maximum Gasteiger partial charge on any atom is 0.306 e. The lowest BCUT2D eigenvalue weighted by Gasteiger charge is -2.18. The molecule has 1 unspecified atom stereocenters. The van der Waals surface area contributed by atoms with E-state index in [1.54, 1.807) is 0 Å². The molecule has 0 aromatic carbocycles. The Bertz CT molecular complexity index is 1870. The fourth-order valence-corrected chi connectivity index (χ4v) is 8.55. The van der Waals surface area contributed by atoms with Gasteiger partial charge in [-0.15, -0.1) is 0 Å². The van der Waals surface area contributed by atoms with Crippen molar-refractivity contribution < 1.29 is 28.6 Å². The summed E-state index contributed by atoms with van der Waals surface area (Å²) in [6, 6.07) is 0. The van der Waals surface area contributed by atoms with Crippen molar-refractivity contribution >= 4 is 17.9 Å². The normalized spacial score (nSPS) is 13.3. The lowest BCUT2D eigenvalue weighted by atomic mass is 10.1. The lowest BCUT2D eigenvalue weighted by molar-refractivity contribution is -0.167. The van der Waals surface area contributed by atoms with Crippen LogP contribution in [-0.4, -0.2) is 37.2 Å². The Balaban J connectivity index is 4.58. The Hall–Kier alpha value is -5.23. The van der Waals surface area contributed by atoms with Crippen LogP contribution in [0.3, 0.4) is 0 Å². The molecule has 0 aromatic rings. The minimum Gasteiger partial charge on any atom is -0.462 e. The molecule has 82 heavy (non-hydrogen) atoms. The van der Waals surface area contributed by atoms with E-state index in [4.69, 9.17) is 14.2 Å². The van der Waals surface area contributed by atoms with Crippen molar-refractivity contribution in [3.8, 4) is 0 Å². The monoisotopic (exact) mass is 1130 g/mol. The van der Waals surface area contributed by atoms with E-state index < -0.39 is 6.10 Å². The van der Waals surface area contributed by atoms with E-state index in [-0.39, 0.29) is 44.0 Å². The molecule has 0 radical (unpaired) electrons. The summed E-state index contributed by atoms with van der Waals surface area (Å²) in [6.07, 6.45) is 101. The number of hydrogen-bond donors (Lipinski definition) is 0. The van der Waals surface area contributed by atoms with Crippen LogP contribution in [0, 0.1) is 0 Å². The zero-order chi connectivity index (χ0) is 59.2. The average molecular weight is 1130 g/mol. The van der Waals surface area contributed by atoms with Crippen LogP contribution in [0.25, 0.3) is 0 Å². The number of hydrogen-bond acceptors (Lipinski definition) is 6. The van der Waals surface area contributed by atoms with E-state index in [1.165, 1.54) is 83.5 Å². The molecule has 0 bridgehead atoms. The predicted molar refractivity (Wildman–Crippen MR) is 357 cm³/mol. The zero-order valence-electron chi connectivity index (χ0n) is 52.7. The van der Waals surface area contributed by atoms with Crippen LogP contribution in [0.5, 0.6) is 0 Å². The van der Waals surface area contributed by atoms with Crippen LogP contribution >= 0.6 is 0 Å². The average Bonchev–Trinajstić information content (AvgIpc) is 3.47. The standard InChI is InChI=1S/C76H120O6/c1-4-7-10-13-16-19-22-25-28-31-34-36-38-40-42-45-48-51-54-57-60-63-66-69-75(78)81-72-73(71-80-74(77)68-65-62-59-56-53-50-47-44-33-30-27-24-21-18-15-12-9-6-3)82-76(79)70-67-64-61-58-55-52-49-46-43-41-39-37-35-32-29-26-23-20-17-14-11-8-5-2/h7-8,10-11,16-17,19-20,25-26,28-30,33-37,40-43,48-49,51-52,57,60,73H,4-6,9,12-15,18,21-24,27,31-32,38-39,44-47,50,53-56,58-59,61-72H2,1-3H3/b10-7-,11-8-,19-16-,20-17-,28-25-,29-26-,33-30-,36-34-,37-35-,42-40-,43-41-,51-48-,52-49-,60-57-. The van der Waals surface area contributed by atoms with Crippen LogP contribution in [0.2, 0.25) is 0 Å². The van der Waals surface area contributed by atoms with Crippen molar-refractivity contribution in [3.05, 3.63) is 170 Å². The minimum absolute atomic E-state index is 0.116. The Kier molecular flexibility index (Phi) is 63.9. The van der Waals surface area contributed by atoms with Gasteiger partial charge < -0.3 is 14.2 Å². The summed E-state index contributed by atoms with van der Waals surface area (Å²) in [5, 5.41) is 0. The van der Waals surface area contributed by atoms with Crippen molar-refractivity contribution in [1.82, 2.24) is 0 Å². The molecule has 460 valence electrons. The largest absolute Gasteiger partial charge is 0.462 e. The topological polar surface area (TPSA) is 78.9 Å².